The molecule has 1 aromatic rings. The van der Waals surface area contributed by atoms with Crippen LogP contribution in [0.4, 0.5) is 0 Å². The number of nitrogens with one attached hydrogen (secondary N) is 5. The zero-order valence-electron chi connectivity index (χ0n) is 33.6. The van der Waals surface area contributed by atoms with E-state index in [9.17, 15) is 63.4 Å². The zero-order valence-corrected chi connectivity index (χ0v) is 33.6. The Hall–Kier alpha value is -5.83. The van der Waals surface area contributed by atoms with Crippen molar-refractivity contribution in [3.63, 3.8) is 0 Å². The Kier molecular flexibility index (Phi) is 19.2. The first-order valence-corrected chi connectivity index (χ1v) is 19.0. The number of carbonyl (C=O) groups excluding carboxylic acids is 6. The average Bonchev–Trinajstić information content (AvgIpc) is 3.64. The van der Waals surface area contributed by atoms with Crippen LogP contribution < -0.4 is 26.6 Å². The Labute approximate surface area is 341 Å². The van der Waals surface area contributed by atoms with E-state index >= 15 is 0 Å². The maximum absolute atomic E-state index is 14.3. The van der Waals surface area contributed by atoms with E-state index in [1.807, 2.05) is 0 Å². The summed E-state index contributed by atoms with van der Waals surface area (Å²) in [6.45, 7) is 10.5. The fourth-order valence-electron chi connectivity index (χ4n) is 6.29. The molecule has 6 atom stereocenters. The van der Waals surface area contributed by atoms with Crippen molar-refractivity contribution in [3.8, 4) is 0 Å². The Morgan fingerprint density at radius 3 is 1.97 bits per heavy atom. The normalized spacial score (nSPS) is 16.2. The van der Waals surface area contributed by atoms with Gasteiger partial charge in [0.15, 0.2) is 0 Å². The smallest absolute Gasteiger partial charge is 0.475 e. The highest BCUT2D eigenvalue weighted by Crippen LogP contribution is 2.26. The first kappa shape index (κ1) is 49.3. The Morgan fingerprint density at radius 1 is 0.814 bits per heavy atom. The van der Waals surface area contributed by atoms with Crippen molar-refractivity contribution in [1.29, 1.82) is 0 Å². The summed E-state index contributed by atoms with van der Waals surface area (Å²) in [5.74, 6) is -10.7. The molecule has 21 heteroatoms. The quantitative estimate of drug-likeness (QED) is 0.0458. The summed E-state index contributed by atoms with van der Waals surface area (Å²) in [5, 5.41) is 59.3. The van der Waals surface area contributed by atoms with Crippen LogP contribution >= 0.6 is 0 Å². The van der Waals surface area contributed by atoms with Gasteiger partial charge in [-0.1, -0.05) is 51.1 Å². The second kappa shape index (κ2) is 22.9. The molecule has 324 valence electrons. The van der Waals surface area contributed by atoms with Crippen LogP contribution in [0.2, 0.25) is 0 Å². The highest BCUT2D eigenvalue weighted by molar-refractivity contribution is 6.43. The van der Waals surface area contributed by atoms with Crippen molar-refractivity contribution >= 4 is 60.5 Å². The van der Waals surface area contributed by atoms with Gasteiger partial charge in [-0.25, -0.2) is 0 Å². The fourth-order valence-corrected chi connectivity index (χ4v) is 6.29. The van der Waals surface area contributed by atoms with E-state index in [4.69, 9.17) is 5.11 Å². The van der Waals surface area contributed by atoms with Crippen LogP contribution in [0.3, 0.4) is 0 Å². The molecule has 1 aliphatic rings. The van der Waals surface area contributed by atoms with Gasteiger partial charge < -0.3 is 56.9 Å². The summed E-state index contributed by atoms with van der Waals surface area (Å²) in [6, 6.07) is -0.351. The minimum atomic E-state index is -1.90. The van der Waals surface area contributed by atoms with Crippen LogP contribution in [-0.2, 0) is 49.6 Å². The summed E-state index contributed by atoms with van der Waals surface area (Å²) >= 11 is 0. The minimum Gasteiger partial charge on any atom is -0.481 e. The van der Waals surface area contributed by atoms with Gasteiger partial charge >= 0.3 is 25.0 Å². The number of carboxylic acids is 3. The van der Waals surface area contributed by atoms with Crippen molar-refractivity contribution in [3.05, 3.63) is 48.0 Å². The third-order valence-electron chi connectivity index (χ3n) is 9.54. The Morgan fingerprint density at radius 2 is 1.41 bits per heavy atom. The number of rotatable bonds is 23. The molecular formula is C38H55BN6O14. The lowest BCUT2D eigenvalue weighted by Gasteiger charge is -2.36. The van der Waals surface area contributed by atoms with Crippen LogP contribution in [0.15, 0.2) is 36.9 Å². The second-order valence-corrected chi connectivity index (χ2v) is 15.3. The van der Waals surface area contributed by atoms with E-state index in [1.54, 1.807) is 52.0 Å². The molecule has 1 heterocycles. The van der Waals surface area contributed by atoms with Gasteiger partial charge in [-0.15, -0.1) is 6.58 Å². The lowest BCUT2D eigenvalue weighted by atomic mass is 9.77. The topological polar surface area (TPSA) is 318 Å². The molecule has 0 unspecified atom stereocenters. The third-order valence-corrected chi connectivity index (χ3v) is 9.54. The van der Waals surface area contributed by atoms with Gasteiger partial charge in [-0.05, 0) is 49.1 Å². The van der Waals surface area contributed by atoms with Crippen LogP contribution in [-0.4, -0.2) is 133 Å². The SMILES string of the molecule is C=CC[C@H](NC(=O)[C@H]1CCCN1C(=O)[C@@H](NC(=O)[C@H](Cc1ccccc1C)NC(=O)[C@H](CCC(=O)O)NC(=O)[C@H](CC(=O)O)NC(=O)CCC(=O)O)C(C)(C)C)B(O)O. The standard InChI is InChI=1S/C38H55BN6O14/c1-6-10-27(39(58)59)43-36(56)26-13-9-18-45(26)37(57)32(38(3,4)5)44-35(55)24(19-22-12-8-7-11-21(22)2)42-33(53)23(14-16-29(47)48)41-34(54)25(20-31(51)52)40-28(46)15-17-30(49)50/h6-8,11-12,23-27,32,58-59H,1,9-10,13-20H2,2-5H3,(H,40,46)(H,41,54)(H,42,53)(H,43,56)(H,44,55)(H,47,48)(H,49,50)(H,51,52)/t23-,24-,25-,26+,27-,32+/m0/s1. The van der Waals surface area contributed by atoms with Gasteiger partial charge in [-0.3, -0.25) is 43.2 Å². The molecule has 0 spiro atoms. The highest BCUT2D eigenvalue weighted by atomic mass is 16.4. The number of carbonyl (C=O) groups is 9. The second-order valence-electron chi connectivity index (χ2n) is 15.3. The van der Waals surface area contributed by atoms with E-state index in [2.05, 4.69) is 33.2 Å². The van der Waals surface area contributed by atoms with Crippen molar-refractivity contribution in [1.82, 2.24) is 31.5 Å². The zero-order chi connectivity index (χ0) is 44.6. The number of amides is 6. The van der Waals surface area contributed by atoms with Gasteiger partial charge in [0.05, 0.1) is 18.8 Å². The van der Waals surface area contributed by atoms with E-state index in [0.29, 0.717) is 12.0 Å². The van der Waals surface area contributed by atoms with E-state index in [1.165, 1.54) is 11.0 Å². The van der Waals surface area contributed by atoms with Gasteiger partial charge in [0.25, 0.3) is 0 Å². The molecule has 10 N–H and O–H groups in total. The summed E-state index contributed by atoms with van der Waals surface area (Å²) < 4.78 is 0. The molecular weight excluding hydrogens is 775 g/mol. The number of hydrogen-bond acceptors (Lipinski definition) is 11. The van der Waals surface area contributed by atoms with Crippen molar-refractivity contribution in [2.45, 2.75) is 122 Å². The number of aliphatic carboxylic acids is 3. The predicted molar refractivity (Wildman–Crippen MR) is 210 cm³/mol. The molecule has 0 radical (unpaired) electrons. The molecule has 0 saturated carbocycles. The Balaban J connectivity index is 2.46. The largest absolute Gasteiger partial charge is 0.481 e. The monoisotopic (exact) mass is 830 g/mol. The van der Waals surface area contributed by atoms with E-state index in [0.717, 1.165) is 5.56 Å². The molecule has 2 rings (SSSR count). The van der Waals surface area contributed by atoms with Crippen LogP contribution in [0.1, 0.15) is 83.3 Å². The highest BCUT2D eigenvalue weighted by Gasteiger charge is 2.43. The average molecular weight is 831 g/mol. The first-order valence-electron chi connectivity index (χ1n) is 19.0. The first-order chi connectivity index (χ1) is 27.5. The van der Waals surface area contributed by atoms with Gasteiger partial charge in [0.2, 0.25) is 35.4 Å². The minimum absolute atomic E-state index is 0.0354. The number of carboxylic acid groups (broad SMARTS) is 3. The molecule has 59 heavy (non-hydrogen) atoms. The maximum Gasteiger partial charge on any atom is 0.475 e. The van der Waals surface area contributed by atoms with Crippen molar-refractivity contribution in [2.24, 2.45) is 5.41 Å². The summed E-state index contributed by atoms with van der Waals surface area (Å²) in [7, 11) is -1.90. The predicted octanol–water partition coefficient (Wildman–Crippen LogP) is -1.21. The van der Waals surface area contributed by atoms with Crippen molar-refractivity contribution in [2.75, 3.05) is 6.54 Å². The molecule has 1 saturated heterocycles. The van der Waals surface area contributed by atoms with Crippen molar-refractivity contribution < 1.29 is 68.5 Å². The molecule has 0 bridgehead atoms. The molecule has 6 amide bonds. The number of hydrogen-bond donors (Lipinski definition) is 10. The number of likely N-dealkylation sites (tertiary alicyclic amines) is 1. The number of aryl methyl sites for hydroxylation is 1. The van der Waals surface area contributed by atoms with Crippen LogP contribution in [0.25, 0.3) is 0 Å². The molecule has 1 aromatic carbocycles. The summed E-state index contributed by atoms with van der Waals surface area (Å²) in [5.41, 5.74) is 0.342. The molecule has 0 aliphatic carbocycles. The van der Waals surface area contributed by atoms with E-state index in [-0.39, 0.29) is 25.8 Å². The molecule has 1 aliphatic heterocycles. The molecule has 0 aromatic heterocycles. The maximum atomic E-state index is 14.3. The van der Waals surface area contributed by atoms with Gasteiger partial charge in [0, 0.05) is 25.8 Å². The lowest BCUT2D eigenvalue weighted by Crippen LogP contribution is -2.62. The Bertz CT molecular complexity index is 1730. The number of nitrogens with zero attached hydrogens (tertiary/aromatic N) is 1. The van der Waals surface area contributed by atoms with E-state index < -0.39 is 134 Å². The lowest BCUT2D eigenvalue weighted by molar-refractivity contribution is -0.144. The molecule has 1 fully saturated rings. The van der Waals surface area contributed by atoms with Crippen LogP contribution in [0, 0.1) is 12.3 Å². The van der Waals surface area contributed by atoms with Crippen LogP contribution in [0.5, 0.6) is 0 Å². The van der Waals surface area contributed by atoms with Gasteiger partial charge in [-0.2, -0.15) is 0 Å². The summed E-state index contributed by atoms with van der Waals surface area (Å²) in [6.07, 6.45) is -1.45. The molecule has 20 nitrogen and oxygen atoms in total. The fraction of sp³-hybridized carbons (Fsp3) is 0.553. The number of benzene rings is 1. The van der Waals surface area contributed by atoms with Gasteiger partial charge in [0.1, 0.15) is 30.2 Å². The summed E-state index contributed by atoms with van der Waals surface area (Å²) in [4.78, 5) is 117. The third kappa shape index (κ3) is 16.2.